The Morgan fingerprint density at radius 3 is 2.57 bits per heavy atom. The van der Waals surface area contributed by atoms with Gasteiger partial charge in [0.05, 0.1) is 10.9 Å². The van der Waals surface area contributed by atoms with Gasteiger partial charge in [-0.25, -0.2) is 4.98 Å². The van der Waals surface area contributed by atoms with Gasteiger partial charge in [0.1, 0.15) is 0 Å². The maximum atomic E-state index is 6.28. The van der Waals surface area contributed by atoms with Gasteiger partial charge in [-0.3, -0.25) is 0 Å². The monoisotopic (exact) mass is 297 g/mol. The summed E-state index contributed by atoms with van der Waals surface area (Å²) in [5.41, 5.74) is 8.75. The van der Waals surface area contributed by atoms with Gasteiger partial charge in [-0.1, -0.05) is 35.9 Å². The van der Waals surface area contributed by atoms with Gasteiger partial charge >= 0.3 is 0 Å². The van der Waals surface area contributed by atoms with E-state index in [0.29, 0.717) is 0 Å². The quantitative estimate of drug-likeness (QED) is 0.794. The van der Waals surface area contributed by atoms with Gasteiger partial charge in [-0.05, 0) is 30.9 Å². The maximum Gasteiger partial charge on any atom is 0.150 e. The lowest BCUT2D eigenvalue weighted by Crippen LogP contribution is -2.30. The zero-order valence-corrected chi connectivity index (χ0v) is 13.0. The second-order valence-electron chi connectivity index (χ2n) is 5.35. The Morgan fingerprint density at radius 1 is 1.19 bits per heavy atom. The molecule has 0 radical (unpaired) electrons. The van der Waals surface area contributed by atoms with Crippen LogP contribution in [0.25, 0.3) is 10.7 Å². The molecule has 0 aliphatic rings. The van der Waals surface area contributed by atoms with Crippen molar-refractivity contribution in [3.8, 4) is 10.7 Å². The Bertz CT molecular complexity index is 696. The molecule has 2 heterocycles. The van der Waals surface area contributed by atoms with Crippen LogP contribution in [0.15, 0.2) is 54.2 Å². The third-order valence-corrected chi connectivity index (χ3v) is 4.49. The molecule has 3 aromatic rings. The minimum Gasteiger partial charge on any atom is -0.326 e. The number of aryl methyl sites for hydroxylation is 1. The van der Waals surface area contributed by atoms with Crippen LogP contribution in [0.4, 0.5) is 0 Å². The molecule has 0 saturated heterocycles. The molecule has 2 unspecified atom stereocenters. The van der Waals surface area contributed by atoms with Crippen LogP contribution in [0.3, 0.4) is 0 Å². The van der Waals surface area contributed by atoms with Crippen molar-refractivity contribution in [1.82, 2.24) is 9.55 Å². The van der Waals surface area contributed by atoms with Crippen LogP contribution < -0.4 is 5.73 Å². The minimum absolute atomic E-state index is 0.000573. The average Bonchev–Trinajstić information content (AvgIpc) is 3.11. The van der Waals surface area contributed by atoms with Crippen molar-refractivity contribution in [3.63, 3.8) is 0 Å². The Labute approximate surface area is 129 Å². The van der Waals surface area contributed by atoms with Gasteiger partial charge in [0, 0.05) is 18.4 Å². The predicted molar refractivity (Wildman–Crippen MR) is 88.5 cm³/mol. The summed E-state index contributed by atoms with van der Waals surface area (Å²) in [5.74, 6) is 0.980. The molecule has 1 aromatic carbocycles. The van der Waals surface area contributed by atoms with Crippen molar-refractivity contribution in [2.45, 2.75) is 25.9 Å². The second-order valence-corrected chi connectivity index (χ2v) is 6.30. The van der Waals surface area contributed by atoms with E-state index >= 15 is 0 Å². The van der Waals surface area contributed by atoms with Gasteiger partial charge < -0.3 is 10.3 Å². The fourth-order valence-electron chi connectivity index (χ4n) is 2.62. The van der Waals surface area contributed by atoms with E-state index in [4.69, 9.17) is 5.73 Å². The van der Waals surface area contributed by atoms with Crippen molar-refractivity contribution < 1.29 is 0 Å². The highest BCUT2D eigenvalue weighted by molar-refractivity contribution is 7.13. The van der Waals surface area contributed by atoms with Crippen LogP contribution in [0.1, 0.15) is 24.1 Å². The number of imidazole rings is 1. The number of benzene rings is 1. The summed E-state index contributed by atoms with van der Waals surface area (Å²) in [6.45, 7) is 4.14. The van der Waals surface area contributed by atoms with Crippen LogP contribution >= 0.6 is 11.3 Å². The molecule has 0 amide bonds. The number of hydrogen-bond acceptors (Lipinski definition) is 3. The first-order valence-corrected chi connectivity index (χ1v) is 7.93. The Kier molecular flexibility index (Phi) is 3.90. The molecule has 21 heavy (non-hydrogen) atoms. The maximum absolute atomic E-state index is 6.28. The lowest BCUT2D eigenvalue weighted by molar-refractivity contribution is 0.500. The van der Waals surface area contributed by atoms with Gasteiger partial charge in [0.2, 0.25) is 0 Å². The third-order valence-electron chi connectivity index (χ3n) is 3.63. The van der Waals surface area contributed by atoms with E-state index < -0.39 is 0 Å². The first-order valence-electron chi connectivity index (χ1n) is 7.05. The predicted octanol–water partition coefficient (Wildman–Crippen LogP) is 3.86. The number of hydrogen-bond donors (Lipinski definition) is 1. The average molecular weight is 297 g/mol. The molecule has 0 bridgehead atoms. The van der Waals surface area contributed by atoms with Gasteiger partial charge in [-0.2, -0.15) is 0 Å². The Balaban J connectivity index is 2.07. The summed E-state index contributed by atoms with van der Waals surface area (Å²) in [4.78, 5) is 5.69. The number of aromatic nitrogens is 2. The molecular weight excluding hydrogens is 278 g/mol. The van der Waals surface area contributed by atoms with Crippen LogP contribution in [-0.2, 0) is 0 Å². The third kappa shape index (κ3) is 2.77. The van der Waals surface area contributed by atoms with Crippen molar-refractivity contribution in [1.29, 1.82) is 0 Å². The zero-order valence-electron chi connectivity index (χ0n) is 12.2. The summed E-state index contributed by atoms with van der Waals surface area (Å²) >= 11 is 1.70. The smallest absolute Gasteiger partial charge is 0.150 e. The molecule has 2 aromatic heterocycles. The summed E-state index contributed by atoms with van der Waals surface area (Å²) < 4.78 is 2.18. The molecule has 0 aliphatic heterocycles. The molecule has 0 saturated carbocycles. The van der Waals surface area contributed by atoms with E-state index in [9.17, 15) is 0 Å². The normalized spacial score (nSPS) is 14.0. The standard InChI is InChI=1S/C17H19N3S/c1-12-5-7-14(8-6-12)16(13(2)18)20-10-9-19-17(20)15-4-3-11-21-15/h3-11,13,16H,18H2,1-2H3. The van der Waals surface area contributed by atoms with Crippen molar-refractivity contribution >= 4 is 11.3 Å². The van der Waals surface area contributed by atoms with E-state index in [1.165, 1.54) is 11.1 Å². The summed E-state index contributed by atoms with van der Waals surface area (Å²) in [6.07, 6.45) is 3.86. The highest BCUT2D eigenvalue weighted by Gasteiger charge is 2.21. The second kappa shape index (κ2) is 5.84. The van der Waals surface area contributed by atoms with E-state index in [-0.39, 0.29) is 12.1 Å². The molecule has 108 valence electrons. The summed E-state index contributed by atoms with van der Waals surface area (Å²) in [7, 11) is 0. The number of rotatable bonds is 4. The number of nitrogens with two attached hydrogens (primary N) is 1. The molecule has 0 fully saturated rings. The van der Waals surface area contributed by atoms with E-state index in [2.05, 4.69) is 52.2 Å². The van der Waals surface area contributed by atoms with Gasteiger partial charge in [-0.15, -0.1) is 11.3 Å². The number of thiophene rings is 1. The summed E-state index contributed by atoms with van der Waals surface area (Å²) in [5, 5.41) is 2.07. The topological polar surface area (TPSA) is 43.8 Å². The lowest BCUT2D eigenvalue weighted by Gasteiger charge is -2.24. The highest BCUT2D eigenvalue weighted by atomic mass is 32.1. The van der Waals surface area contributed by atoms with Gasteiger partial charge in [0.15, 0.2) is 5.82 Å². The minimum atomic E-state index is 0.000573. The van der Waals surface area contributed by atoms with Crippen LogP contribution in [0.2, 0.25) is 0 Å². The summed E-state index contributed by atoms with van der Waals surface area (Å²) in [6, 6.07) is 12.8. The highest BCUT2D eigenvalue weighted by Crippen LogP contribution is 2.30. The van der Waals surface area contributed by atoms with Crippen LogP contribution in [0, 0.1) is 6.92 Å². The largest absolute Gasteiger partial charge is 0.326 e. The fourth-order valence-corrected chi connectivity index (χ4v) is 3.34. The Hall–Kier alpha value is -1.91. The molecule has 0 aliphatic carbocycles. The first-order chi connectivity index (χ1) is 10.2. The van der Waals surface area contributed by atoms with E-state index in [0.717, 1.165) is 10.7 Å². The van der Waals surface area contributed by atoms with Crippen molar-refractivity contribution in [2.24, 2.45) is 5.73 Å². The molecule has 2 N–H and O–H groups in total. The van der Waals surface area contributed by atoms with Crippen LogP contribution in [-0.4, -0.2) is 15.6 Å². The zero-order chi connectivity index (χ0) is 14.8. The SMILES string of the molecule is Cc1ccc(C(C(C)N)n2ccnc2-c2cccs2)cc1. The molecule has 3 rings (SSSR count). The molecular formula is C17H19N3S. The van der Waals surface area contributed by atoms with Crippen molar-refractivity contribution in [3.05, 3.63) is 65.3 Å². The molecule has 3 nitrogen and oxygen atoms in total. The van der Waals surface area contributed by atoms with Gasteiger partial charge in [0.25, 0.3) is 0 Å². The molecule has 2 atom stereocenters. The molecule has 4 heteroatoms. The fraction of sp³-hybridized carbons (Fsp3) is 0.235. The van der Waals surface area contributed by atoms with E-state index in [1.54, 1.807) is 11.3 Å². The van der Waals surface area contributed by atoms with Crippen molar-refractivity contribution in [2.75, 3.05) is 0 Å². The first kappa shape index (κ1) is 14.0. The van der Waals surface area contributed by atoms with Crippen LogP contribution in [0.5, 0.6) is 0 Å². The number of nitrogens with zero attached hydrogens (tertiary/aromatic N) is 2. The Morgan fingerprint density at radius 2 is 1.95 bits per heavy atom. The lowest BCUT2D eigenvalue weighted by atomic mass is 9.99. The molecule has 0 spiro atoms. The van der Waals surface area contributed by atoms with E-state index in [1.807, 2.05) is 25.4 Å².